The lowest BCUT2D eigenvalue weighted by molar-refractivity contribution is 0.309. The van der Waals surface area contributed by atoms with E-state index >= 15 is 0 Å². The molecular formula is C50H36N4O2S8+2. The molecule has 0 atom stereocenters. The van der Waals surface area contributed by atoms with Gasteiger partial charge in [0.25, 0.3) is 8.38 Å². The van der Waals surface area contributed by atoms with Gasteiger partial charge in [-0.2, -0.15) is 0 Å². The van der Waals surface area contributed by atoms with Crippen LogP contribution in [-0.4, -0.2) is 45.0 Å². The second-order valence-electron chi connectivity index (χ2n) is 14.7. The fourth-order valence-electron chi connectivity index (χ4n) is 8.01. The summed E-state index contributed by atoms with van der Waals surface area (Å²) < 4.78 is 21.8. The van der Waals surface area contributed by atoms with Crippen LogP contribution in [0.25, 0.3) is 85.2 Å². The molecule has 0 unspecified atom stereocenters. The highest BCUT2D eigenvalue weighted by atomic mass is 32.2. The maximum absolute atomic E-state index is 7.04. The van der Waals surface area contributed by atoms with Gasteiger partial charge in [0.05, 0.1) is 55.3 Å². The third kappa shape index (κ3) is 7.75. The van der Waals surface area contributed by atoms with Crippen molar-refractivity contribution in [2.75, 3.05) is 25.0 Å². The summed E-state index contributed by atoms with van der Waals surface area (Å²) in [5.41, 5.74) is 11.3. The van der Waals surface area contributed by atoms with Gasteiger partial charge in [-0.1, -0.05) is 108 Å². The summed E-state index contributed by atoms with van der Waals surface area (Å²) in [4.78, 5) is 19.7. The molecule has 0 spiro atoms. The quantitative estimate of drug-likeness (QED) is 0.0671. The molecule has 7 aromatic carbocycles. The molecule has 11 rings (SSSR count). The molecule has 0 bridgehead atoms. The molecule has 14 heteroatoms. The number of nitrogens with zero attached hydrogens (tertiary/aromatic N) is 4. The second kappa shape index (κ2) is 18.0. The molecule has 4 aromatic heterocycles. The summed E-state index contributed by atoms with van der Waals surface area (Å²) in [6.07, 6.45) is 8.68. The summed E-state index contributed by atoms with van der Waals surface area (Å²) in [5.74, 6) is 1.65. The Morgan fingerprint density at radius 1 is 0.438 bits per heavy atom. The van der Waals surface area contributed by atoms with E-state index in [1.807, 2.05) is 130 Å². The molecule has 0 radical (unpaired) electrons. The van der Waals surface area contributed by atoms with Crippen LogP contribution >= 0.6 is 92.4 Å². The van der Waals surface area contributed by atoms with Gasteiger partial charge in [0.1, 0.15) is 70.1 Å². The molecule has 6 nitrogen and oxygen atoms in total. The number of para-hydroxylation sites is 4. The Morgan fingerprint density at radius 2 is 0.844 bits per heavy atom. The number of thioether (sulfide) groups is 4. The summed E-state index contributed by atoms with van der Waals surface area (Å²) in [7, 11) is 0. The topological polar surface area (TPSA) is 70.0 Å². The Bertz CT molecular complexity index is 3390. The van der Waals surface area contributed by atoms with Crippen molar-refractivity contribution in [2.45, 2.75) is 30.1 Å². The van der Waals surface area contributed by atoms with Gasteiger partial charge in [-0.05, 0) is 96.8 Å². The summed E-state index contributed by atoms with van der Waals surface area (Å²) in [5, 5.41) is 4.47. The van der Waals surface area contributed by atoms with Crippen LogP contribution in [0.3, 0.4) is 0 Å². The summed E-state index contributed by atoms with van der Waals surface area (Å²) in [6, 6.07) is 41.6. The fourth-order valence-corrected chi connectivity index (χ4v) is 18.2. The zero-order valence-electron chi connectivity index (χ0n) is 34.8. The van der Waals surface area contributed by atoms with Crippen molar-refractivity contribution in [3.63, 3.8) is 0 Å². The predicted molar refractivity (Wildman–Crippen MR) is 283 cm³/mol. The average Bonchev–Trinajstić information content (AvgIpc) is 3.96. The number of hydrogen-bond acceptors (Lipinski definition) is 12. The zero-order valence-corrected chi connectivity index (χ0v) is 41.4. The van der Waals surface area contributed by atoms with E-state index in [0.29, 0.717) is 13.2 Å². The molecule has 314 valence electrons. The average molecular weight is 981 g/mol. The van der Waals surface area contributed by atoms with Gasteiger partial charge < -0.3 is 9.47 Å². The van der Waals surface area contributed by atoms with E-state index in [9.17, 15) is 0 Å². The number of aromatic nitrogens is 4. The smallest absolute Gasteiger partial charge is 0.288 e. The van der Waals surface area contributed by atoms with Gasteiger partial charge in [-0.15, -0.1) is 0 Å². The molecule has 0 saturated heterocycles. The first kappa shape index (κ1) is 42.0. The highest BCUT2D eigenvalue weighted by Gasteiger charge is 2.34. The molecule has 0 N–H and O–H groups in total. The van der Waals surface area contributed by atoms with E-state index in [0.717, 1.165) is 93.9 Å². The first-order valence-corrected chi connectivity index (χ1v) is 28.3. The Morgan fingerprint density at radius 3 is 1.25 bits per heavy atom. The number of ether oxygens (including phenoxy) is 2. The van der Waals surface area contributed by atoms with Crippen molar-refractivity contribution in [3.8, 4) is 31.0 Å². The van der Waals surface area contributed by atoms with E-state index in [2.05, 4.69) is 85.7 Å². The Hall–Kier alpha value is -4.64. The monoisotopic (exact) mass is 980 g/mol. The van der Waals surface area contributed by atoms with Crippen LogP contribution in [0, 0.1) is 0 Å². The lowest BCUT2D eigenvalue weighted by Gasteiger charge is -2.18. The molecule has 11 aromatic rings. The second-order valence-corrected chi connectivity index (χ2v) is 23.6. The standard InChI is InChI=1S/C50H36N4O2S8/c1-57-47-48(58-2)62-45(61-47)41-29-11-9-17-39(55-25-27-19-21-35-37(23-27)53-33-15-7-5-13-31(33)51-35)42(29)44(46-63-49(59-3)50(60-4)64-46)43-30(41)12-10-18-40(43)56-26-28-20-22-36-38(24-28)54-34-16-8-6-14-32(34)52-36/h5-24H,25-26H2,1-4H3/q+2. The van der Waals surface area contributed by atoms with Crippen LogP contribution in [-0.2, 0) is 13.2 Å². The molecule has 64 heavy (non-hydrogen) atoms. The summed E-state index contributed by atoms with van der Waals surface area (Å²) >= 11 is 14.7. The molecule has 0 fully saturated rings. The Balaban J connectivity index is 1.11. The lowest BCUT2D eigenvalue weighted by atomic mass is 9.91. The number of fused-ring (bicyclic) bond motifs is 6. The van der Waals surface area contributed by atoms with Crippen LogP contribution < -0.4 is 9.47 Å². The van der Waals surface area contributed by atoms with Crippen LogP contribution in [0.5, 0.6) is 11.5 Å². The van der Waals surface area contributed by atoms with E-state index in [1.54, 1.807) is 23.5 Å². The maximum atomic E-state index is 7.04. The van der Waals surface area contributed by atoms with Crippen molar-refractivity contribution in [3.05, 3.63) is 132 Å². The molecule has 0 aliphatic heterocycles. The van der Waals surface area contributed by atoms with Gasteiger partial charge in [0, 0.05) is 21.5 Å². The molecule has 0 aliphatic carbocycles. The third-order valence-corrected chi connectivity index (χ3v) is 21.4. The Labute approximate surface area is 402 Å². The third-order valence-electron chi connectivity index (χ3n) is 10.9. The molecule has 0 aliphatic rings. The maximum Gasteiger partial charge on any atom is 0.288 e. The van der Waals surface area contributed by atoms with Crippen molar-refractivity contribution in [1.29, 1.82) is 0 Å². The first-order chi connectivity index (χ1) is 31.5. The van der Waals surface area contributed by atoms with Crippen LogP contribution in [0.4, 0.5) is 0 Å². The van der Waals surface area contributed by atoms with Crippen molar-refractivity contribution >= 4 is 158 Å². The van der Waals surface area contributed by atoms with Gasteiger partial charge in [-0.3, -0.25) is 0 Å². The van der Waals surface area contributed by atoms with Crippen LogP contribution in [0.15, 0.2) is 138 Å². The van der Waals surface area contributed by atoms with Crippen molar-refractivity contribution < 1.29 is 9.47 Å². The van der Waals surface area contributed by atoms with Gasteiger partial charge in [-0.25, -0.2) is 19.9 Å². The van der Waals surface area contributed by atoms with Gasteiger partial charge >= 0.3 is 0 Å². The van der Waals surface area contributed by atoms with Crippen LogP contribution in [0.1, 0.15) is 11.1 Å². The minimum atomic E-state index is 0.365. The summed E-state index contributed by atoms with van der Waals surface area (Å²) in [6.45, 7) is 0.729. The Kier molecular flexibility index (Phi) is 11.8. The molecular weight excluding hydrogens is 945 g/mol. The van der Waals surface area contributed by atoms with Gasteiger partial charge in [0.2, 0.25) is 16.8 Å². The largest absolute Gasteiger partial charge is 0.488 e. The number of benzene rings is 7. The highest BCUT2D eigenvalue weighted by Crippen LogP contribution is 2.57. The molecule has 0 amide bonds. The van der Waals surface area contributed by atoms with E-state index in [1.165, 1.54) is 30.8 Å². The van der Waals surface area contributed by atoms with E-state index < -0.39 is 0 Å². The zero-order chi connectivity index (χ0) is 43.3. The normalized spacial score (nSPS) is 11.8. The molecule has 0 saturated carbocycles. The minimum Gasteiger partial charge on any atom is -0.488 e. The predicted octanol–water partition coefficient (Wildman–Crippen LogP) is 16.4. The number of hydrogen-bond donors (Lipinski definition) is 0. The van der Waals surface area contributed by atoms with Crippen LogP contribution in [0.2, 0.25) is 0 Å². The van der Waals surface area contributed by atoms with Crippen molar-refractivity contribution in [2.24, 2.45) is 0 Å². The fraction of sp³-hybridized carbons (Fsp3) is 0.120. The molecule has 4 heterocycles. The van der Waals surface area contributed by atoms with E-state index in [4.69, 9.17) is 29.4 Å². The first-order valence-electron chi connectivity index (χ1n) is 20.2. The minimum absolute atomic E-state index is 0.365. The van der Waals surface area contributed by atoms with Crippen molar-refractivity contribution in [1.82, 2.24) is 19.9 Å². The highest BCUT2D eigenvalue weighted by molar-refractivity contribution is 8.05. The number of rotatable bonds is 12. The van der Waals surface area contributed by atoms with Gasteiger partial charge in [0.15, 0.2) is 0 Å². The van der Waals surface area contributed by atoms with E-state index in [-0.39, 0.29) is 0 Å². The SMILES string of the molecule is CSc1sc(-c2c3cccc(OCc4ccc5nc6ccccc6nc5c4)c3c(-c3sc(SC)c(SC)[s+]3)c3c(OCc4ccc5nc6ccccc6nc5c4)cccc23)[s+]c1SC. The lowest BCUT2D eigenvalue weighted by Crippen LogP contribution is -2.00.